The summed E-state index contributed by atoms with van der Waals surface area (Å²) >= 11 is 0. The van der Waals surface area contributed by atoms with Crippen molar-refractivity contribution < 1.29 is 0 Å². The van der Waals surface area contributed by atoms with Crippen molar-refractivity contribution in [2.45, 2.75) is 19.4 Å². The van der Waals surface area contributed by atoms with Crippen LogP contribution in [0.5, 0.6) is 0 Å². The van der Waals surface area contributed by atoms with Crippen molar-refractivity contribution in [3.8, 4) is 0 Å². The third-order valence-corrected chi connectivity index (χ3v) is 1.97. The fraction of sp³-hybridized carbons (Fsp3) is 0.417. The molecule has 0 aromatic heterocycles. The Hall–Kier alpha value is -1.15. The number of rotatable bonds is 4. The van der Waals surface area contributed by atoms with Crippen molar-refractivity contribution in [2.24, 2.45) is 4.99 Å². The van der Waals surface area contributed by atoms with Gasteiger partial charge in [-0.25, -0.2) is 0 Å². The Labute approximate surface area is 86.1 Å². The van der Waals surface area contributed by atoms with E-state index in [2.05, 4.69) is 36.3 Å². The number of aliphatic imine (C=N–C) groups is 1. The largest absolute Gasteiger partial charge is 0.317 e. The SMILES string of the molecule is CNCC(C)(C)/N=C/c1ccccc1. The molecule has 0 bridgehead atoms. The van der Waals surface area contributed by atoms with Gasteiger partial charge in [0.1, 0.15) is 0 Å². The number of nitrogens with one attached hydrogen (secondary N) is 1. The molecule has 0 aliphatic heterocycles. The van der Waals surface area contributed by atoms with Gasteiger partial charge < -0.3 is 5.32 Å². The quantitative estimate of drug-likeness (QED) is 0.722. The van der Waals surface area contributed by atoms with Crippen LogP contribution in [-0.2, 0) is 0 Å². The van der Waals surface area contributed by atoms with Gasteiger partial charge in [-0.15, -0.1) is 0 Å². The van der Waals surface area contributed by atoms with Crippen molar-refractivity contribution in [1.82, 2.24) is 5.32 Å². The summed E-state index contributed by atoms with van der Waals surface area (Å²) < 4.78 is 0. The molecule has 14 heavy (non-hydrogen) atoms. The van der Waals surface area contributed by atoms with Crippen molar-refractivity contribution in [3.63, 3.8) is 0 Å². The molecule has 0 saturated heterocycles. The minimum atomic E-state index is -0.0371. The van der Waals surface area contributed by atoms with E-state index in [0.29, 0.717) is 0 Å². The number of benzene rings is 1. The fourth-order valence-corrected chi connectivity index (χ4v) is 1.27. The number of likely N-dealkylation sites (N-methyl/N-ethyl adjacent to an activating group) is 1. The second kappa shape index (κ2) is 4.91. The lowest BCUT2D eigenvalue weighted by Crippen LogP contribution is -2.31. The zero-order chi connectivity index (χ0) is 10.4. The van der Waals surface area contributed by atoms with E-state index in [1.165, 1.54) is 0 Å². The second-order valence-corrected chi connectivity index (χ2v) is 4.01. The van der Waals surface area contributed by atoms with E-state index >= 15 is 0 Å². The highest BCUT2D eigenvalue weighted by Crippen LogP contribution is 2.07. The highest BCUT2D eigenvalue weighted by Gasteiger charge is 2.12. The molecule has 0 aliphatic rings. The molecule has 2 heteroatoms. The van der Waals surface area contributed by atoms with Gasteiger partial charge in [-0.2, -0.15) is 0 Å². The average molecular weight is 190 g/mol. The molecule has 2 nitrogen and oxygen atoms in total. The Morgan fingerprint density at radius 1 is 1.29 bits per heavy atom. The summed E-state index contributed by atoms with van der Waals surface area (Å²) in [5, 5.41) is 3.13. The van der Waals surface area contributed by atoms with Gasteiger partial charge in [0.2, 0.25) is 0 Å². The van der Waals surface area contributed by atoms with Gasteiger partial charge in [-0.3, -0.25) is 4.99 Å². The molecule has 76 valence electrons. The van der Waals surface area contributed by atoms with Crippen molar-refractivity contribution >= 4 is 6.21 Å². The molecule has 0 radical (unpaired) electrons. The molecule has 0 fully saturated rings. The van der Waals surface area contributed by atoms with E-state index in [0.717, 1.165) is 12.1 Å². The lowest BCUT2D eigenvalue weighted by atomic mass is 10.1. The predicted molar refractivity (Wildman–Crippen MR) is 62.0 cm³/mol. The molecule has 0 heterocycles. The molecule has 0 saturated carbocycles. The van der Waals surface area contributed by atoms with Crippen LogP contribution in [0.25, 0.3) is 0 Å². The normalized spacial score (nSPS) is 12.2. The molecule has 1 aromatic rings. The summed E-state index contributed by atoms with van der Waals surface area (Å²) in [6.07, 6.45) is 1.93. The maximum atomic E-state index is 4.53. The van der Waals surface area contributed by atoms with E-state index in [4.69, 9.17) is 0 Å². The van der Waals surface area contributed by atoms with Gasteiger partial charge in [-0.05, 0) is 26.5 Å². The third-order valence-electron chi connectivity index (χ3n) is 1.97. The first-order valence-corrected chi connectivity index (χ1v) is 4.89. The fourth-order valence-electron chi connectivity index (χ4n) is 1.27. The van der Waals surface area contributed by atoms with Gasteiger partial charge in [0.15, 0.2) is 0 Å². The van der Waals surface area contributed by atoms with Gasteiger partial charge in [0.05, 0.1) is 5.54 Å². The van der Waals surface area contributed by atoms with Gasteiger partial charge in [-0.1, -0.05) is 30.3 Å². The Bertz CT molecular complexity index is 288. The Morgan fingerprint density at radius 2 is 1.93 bits per heavy atom. The summed E-state index contributed by atoms with van der Waals surface area (Å²) in [4.78, 5) is 4.53. The van der Waals surface area contributed by atoms with Crippen LogP contribution in [0.1, 0.15) is 19.4 Å². The molecule has 0 atom stereocenters. The van der Waals surface area contributed by atoms with Gasteiger partial charge in [0.25, 0.3) is 0 Å². The van der Waals surface area contributed by atoms with E-state index in [1.54, 1.807) is 0 Å². The molecule has 0 spiro atoms. The van der Waals surface area contributed by atoms with Gasteiger partial charge >= 0.3 is 0 Å². The van der Waals surface area contributed by atoms with Crippen LogP contribution in [-0.4, -0.2) is 25.3 Å². The number of hydrogen-bond donors (Lipinski definition) is 1. The molecule has 1 N–H and O–H groups in total. The van der Waals surface area contributed by atoms with E-state index in [-0.39, 0.29) is 5.54 Å². The lowest BCUT2D eigenvalue weighted by Gasteiger charge is -2.18. The highest BCUT2D eigenvalue weighted by molar-refractivity contribution is 5.79. The molecule has 1 rings (SSSR count). The smallest absolute Gasteiger partial charge is 0.0676 e. The molecule has 1 aromatic carbocycles. The van der Waals surface area contributed by atoms with Crippen LogP contribution >= 0.6 is 0 Å². The van der Waals surface area contributed by atoms with E-state index in [1.807, 2.05) is 31.5 Å². The zero-order valence-electron chi connectivity index (χ0n) is 9.12. The topological polar surface area (TPSA) is 24.4 Å². The van der Waals surface area contributed by atoms with E-state index in [9.17, 15) is 0 Å². The zero-order valence-corrected chi connectivity index (χ0v) is 9.12. The molecule has 0 unspecified atom stereocenters. The number of nitrogens with zero attached hydrogens (tertiary/aromatic N) is 1. The maximum absolute atomic E-state index is 4.53. The first kappa shape index (κ1) is 10.9. The molecular formula is C12H18N2. The van der Waals surface area contributed by atoms with Crippen LogP contribution in [0.3, 0.4) is 0 Å². The number of hydrogen-bond acceptors (Lipinski definition) is 2. The predicted octanol–water partition coefficient (Wildman–Crippen LogP) is 2.10. The van der Waals surface area contributed by atoms with Crippen LogP contribution in [0.4, 0.5) is 0 Å². The summed E-state index contributed by atoms with van der Waals surface area (Å²) in [5.41, 5.74) is 1.11. The Kier molecular flexibility index (Phi) is 3.84. The third kappa shape index (κ3) is 3.71. The molecular weight excluding hydrogens is 172 g/mol. The van der Waals surface area contributed by atoms with Crippen molar-refractivity contribution in [3.05, 3.63) is 35.9 Å². The Balaban J connectivity index is 2.64. The van der Waals surface area contributed by atoms with Gasteiger partial charge in [0, 0.05) is 12.8 Å². The summed E-state index contributed by atoms with van der Waals surface area (Å²) in [6.45, 7) is 5.11. The lowest BCUT2D eigenvalue weighted by molar-refractivity contribution is 0.495. The van der Waals surface area contributed by atoms with Crippen LogP contribution in [0.2, 0.25) is 0 Å². The monoisotopic (exact) mass is 190 g/mol. The van der Waals surface area contributed by atoms with Crippen molar-refractivity contribution in [1.29, 1.82) is 0 Å². The second-order valence-electron chi connectivity index (χ2n) is 4.01. The van der Waals surface area contributed by atoms with Crippen LogP contribution < -0.4 is 5.32 Å². The maximum Gasteiger partial charge on any atom is 0.0676 e. The average Bonchev–Trinajstić information content (AvgIpc) is 2.17. The highest BCUT2D eigenvalue weighted by atomic mass is 14.9. The first-order chi connectivity index (χ1) is 6.64. The standard InChI is InChI=1S/C12H18N2/c1-12(2,10-13-3)14-9-11-7-5-4-6-8-11/h4-9,13H,10H2,1-3H3/b14-9+. The van der Waals surface area contributed by atoms with Crippen LogP contribution in [0, 0.1) is 0 Å². The summed E-state index contributed by atoms with van der Waals surface area (Å²) in [6, 6.07) is 10.2. The van der Waals surface area contributed by atoms with Crippen LogP contribution in [0.15, 0.2) is 35.3 Å². The minimum Gasteiger partial charge on any atom is -0.317 e. The Morgan fingerprint density at radius 3 is 2.50 bits per heavy atom. The first-order valence-electron chi connectivity index (χ1n) is 4.89. The minimum absolute atomic E-state index is 0.0371. The summed E-state index contributed by atoms with van der Waals surface area (Å²) in [7, 11) is 1.94. The molecule has 0 aliphatic carbocycles. The van der Waals surface area contributed by atoms with Crippen molar-refractivity contribution in [2.75, 3.05) is 13.6 Å². The van der Waals surface area contributed by atoms with E-state index < -0.39 is 0 Å². The summed E-state index contributed by atoms with van der Waals surface area (Å²) in [5.74, 6) is 0. The molecule has 0 amide bonds.